The lowest BCUT2D eigenvalue weighted by atomic mass is 9.89. The average molecular weight is 198 g/mol. The Morgan fingerprint density at radius 1 is 1.77 bits per heavy atom. The Bertz CT molecular complexity index is 357. The second-order valence-electron chi connectivity index (χ2n) is 3.43. The van der Waals surface area contributed by atoms with Crippen LogP contribution in [0.2, 0.25) is 0 Å². The minimum Gasteiger partial charge on any atom is -0.479 e. The Morgan fingerprint density at radius 3 is 3.08 bits per heavy atom. The molecule has 0 radical (unpaired) electrons. The first-order valence-corrected chi connectivity index (χ1v) is 4.97. The summed E-state index contributed by atoms with van der Waals surface area (Å²) in [4.78, 5) is 11.9. The second kappa shape index (κ2) is 2.56. The van der Waals surface area contributed by atoms with E-state index in [0.717, 1.165) is 4.88 Å². The molecular formula is C9H10O3S. The van der Waals surface area contributed by atoms with E-state index in [-0.39, 0.29) is 5.92 Å². The van der Waals surface area contributed by atoms with Gasteiger partial charge in [0.05, 0.1) is 0 Å². The molecule has 2 unspecified atom stereocenters. The van der Waals surface area contributed by atoms with Crippen LogP contribution in [0, 0.1) is 5.92 Å². The molecule has 2 rings (SSSR count). The van der Waals surface area contributed by atoms with E-state index >= 15 is 0 Å². The van der Waals surface area contributed by atoms with Crippen LogP contribution in [-0.2, 0) is 16.8 Å². The van der Waals surface area contributed by atoms with E-state index < -0.39 is 11.6 Å². The Kier molecular flexibility index (Phi) is 1.72. The van der Waals surface area contributed by atoms with Gasteiger partial charge in [-0.1, -0.05) is 6.92 Å². The van der Waals surface area contributed by atoms with Crippen LogP contribution in [0.4, 0.5) is 0 Å². The topological polar surface area (TPSA) is 57.5 Å². The predicted molar refractivity (Wildman–Crippen MR) is 48.7 cm³/mol. The van der Waals surface area contributed by atoms with Crippen molar-refractivity contribution in [3.63, 3.8) is 0 Å². The van der Waals surface area contributed by atoms with Crippen molar-refractivity contribution in [2.45, 2.75) is 18.9 Å². The number of hydrogen-bond acceptors (Lipinski definition) is 3. The van der Waals surface area contributed by atoms with E-state index in [2.05, 4.69) is 0 Å². The third kappa shape index (κ3) is 0.957. The summed E-state index contributed by atoms with van der Waals surface area (Å²) < 4.78 is 0. The maximum Gasteiger partial charge on any atom is 0.340 e. The molecule has 1 aliphatic rings. The molecule has 0 aliphatic heterocycles. The van der Waals surface area contributed by atoms with Crippen LogP contribution < -0.4 is 0 Å². The standard InChI is InChI=1S/C9H10O3S/c1-5-4-7-6(2-3-13-7)9(5,12)8(10)11/h2-3,5,12H,4H2,1H3,(H,10,11). The number of hydrogen-bond donors (Lipinski definition) is 2. The first-order chi connectivity index (χ1) is 6.06. The molecule has 0 bridgehead atoms. The summed E-state index contributed by atoms with van der Waals surface area (Å²) in [5.74, 6) is -1.37. The highest BCUT2D eigenvalue weighted by atomic mass is 32.1. The molecule has 4 heteroatoms. The van der Waals surface area contributed by atoms with Gasteiger partial charge in [-0.05, 0) is 17.9 Å². The maximum absolute atomic E-state index is 10.9. The molecule has 1 aliphatic carbocycles. The van der Waals surface area contributed by atoms with E-state index in [4.69, 9.17) is 5.11 Å². The van der Waals surface area contributed by atoms with Crippen LogP contribution in [0.1, 0.15) is 17.4 Å². The fraction of sp³-hybridized carbons (Fsp3) is 0.444. The zero-order valence-electron chi connectivity index (χ0n) is 7.15. The summed E-state index contributed by atoms with van der Waals surface area (Å²) in [5, 5.41) is 20.8. The number of rotatable bonds is 1. The molecule has 2 atom stereocenters. The SMILES string of the molecule is CC1Cc2sccc2C1(O)C(=O)O. The van der Waals surface area contributed by atoms with Crippen LogP contribution in [0.3, 0.4) is 0 Å². The van der Waals surface area contributed by atoms with Crippen LogP contribution in [0.25, 0.3) is 0 Å². The molecule has 0 fully saturated rings. The zero-order chi connectivity index (χ0) is 9.64. The van der Waals surface area contributed by atoms with Crippen LogP contribution in [-0.4, -0.2) is 16.2 Å². The molecule has 2 N–H and O–H groups in total. The number of fused-ring (bicyclic) bond motifs is 1. The average Bonchev–Trinajstić information content (AvgIpc) is 2.57. The number of carboxylic acid groups (broad SMARTS) is 1. The van der Waals surface area contributed by atoms with Crippen molar-refractivity contribution in [2.75, 3.05) is 0 Å². The minimum atomic E-state index is -1.66. The lowest BCUT2D eigenvalue weighted by Crippen LogP contribution is -2.38. The van der Waals surface area contributed by atoms with Gasteiger partial charge in [-0.3, -0.25) is 0 Å². The summed E-state index contributed by atoms with van der Waals surface area (Å²) in [6.07, 6.45) is 0.663. The van der Waals surface area contributed by atoms with Gasteiger partial charge in [-0.2, -0.15) is 0 Å². The lowest BCUT2D eigenvalue weighted by Gasteiger charge is -2.22. The summed E-state index contributed by atoms with van der Waals surface area (Å²) in [7, 11) is 0. The largest absolute Gasteiger partial charge is 0.479 e. The first kappa shape index (κ1) is 8.72. The van der Waals surface area contributed by atoms with Gasteiger partial charge in [0, 0.05) is 16.4 Å². The molecule has 70 valence electrons. The van der Waals surface area contributed by atoms with Gasteiger partial charge in [-0.25, -0.2) is 4.79 Å². The third-order valence-electron chi connectivity index (χ3n) is 2.69. The van der Waals surface area contributed by atoms with E-state index in [1.807, 2.05) is 5.38 Å². The quantitative estimate of drug-likeness (QED) is 0.713. The van der Waals surface area contributed by atoms with Gasteiger partial charge in [-0.15, -0.1) is 11.3 Å². The predicted octanol–water partition coefficient (Wildman–Crippen LogP) is 1.21. The van der Waals surface area contributed by atoms with Crippen LogP contribution >= 0.6 is 11.3 Å². The molecule has 1 aromatic heterocycles. The maximum atomic E-state index is 10.9. The molecule has 0 saturated heterocycles. The number of carboxylic acids is 1. The van der Waals surface area contributed by atoms with E-state index in [1.165, 1.54) is 11.3 Å². The van der Waals surface area contributed by atoms with Crippen molar-refractivity contribution in [1.82, 2.24) is 0 Å². The van der Waals surface area contributed by atoms with Crippen LogP contribution in [0.15, 0.2) is 11.4 Å². The highest BCUT2D eigenvalue weighted by molar-refractivity contribution is 7.10. The van der Waals surface area contributed by atoms with Crippen molar-refractivity contribution in [1.29, 1.82) is 0 Å². The molecule has 0 saturated carbocycles. The summed E-state index contributed by atoms with van der Waals surface area (Å²) in [5.41, 5.74) is -1.08. The third-order valence-corrected chi connectivity index (χ3v) is 3.63. The highest BCUT2D eigenvalue weighted by Gasteiger charge is 2.50. The number of carbonyl (C=O) groups is 1. The summed E-state index contributed by atoms with van der Waals surface area (Å²) in [6, 6.07) is 1.71. The molecule has 0 aromatic carbocycles. The summed E-state index contributed by atoms with van der Waals surface area (Å²) in [6.45, 7) is 1.76. The Labute approximate surface area is 79.6 Å². The van der Waals surface area contributed by atoms with Gasteiger partial charge < -0.3 is 10.2 Å². The Hall–Kier alpha value is -0.870. The van der Waals surface area contributed by atoms with E-state index in [1.54, 1.807) is 13.0 Å². The van der Waals surface area contributed by atoms with E-state index in [9.17, 15) is 9.90 Å². The Morgan fingerprint density at radius 2 is 2.46 bits per heavy atom. The van der Waals surface area contributed by atoms with Gasteiger partial charge in [0.2, 0.25) is 0 Å². The number of aliphatic carboxylic acids is 1. The van der Waals surface area contributed by atoms with Crippen molar-refractivity contribution < 1.29 is 15.0 Å². The molecule has 13 heavy (non-hydrogen) atoms. The molecule has 1 aromatic rings. The molecule has 3 nitrogen and oxygen atoms in total. The van der Waals surface area contributed by atoms with Gasteiger partial charge in [0.1, 0.15) is 0 Å². The minimum absolute atomic E-state index is 0.229. The van der Waals surface area contributed by atoms with Crippen LogP contribution in [0.5, 0.6) is 0 Å². The fourth-order valence-corrected chi connectivity index (χ4v) is 2.92. The van der Waals surface area contributed by atoms with Gasteiger partial charge in [0.15, 0.2) is 5.60 Å². The van der Waals surface area contributed by atoms with E-state index in [0.29, 0.717) is 12.0 Å². The molecule has 1 heterocycles. The van der Waals surface area contributed by atoms with Gasteiger partial charge >= 0.3 is 5.97 Å². The smallest absolute Gasteiger partial charge is 0.340 e. The monoisotopic (exact) mass is 198 g/mol. The van der Waals surface area contributed by atoms with Crippen molar-refractivity contribution in [3.05, 3.63) is 21.9 Å². The lowest BCUT2D eigenvalue weighted by molar-refractivity contribution is -0.164. The van der Waals surface area contributed by atoms with Crippen molar-refractivity contribution >= 4 is 17.3 Å². The number of thiophene rings is 1. The molecular weight excluding hydrogens is 188 g/mol. The number of aliphatic hydroxyl groups is 1. The highest BCUT2D eigenvalue weighted by Crippen LogP contribution is 2.43. The molecule has 0 spiro atoms. The fourth-order valence-electron chi connectivity index (χ4n) is 1.86. The van der Waals surface area contributed by atoms with Crippen molar-refractivity contribution in [2.24, 2.45) is 5.92 Å². The summed E-state index contributed by atoms with van der Waals surface area (Å²) >= 11 is 1.51. The normalized spacial score (nSPS) is 31.7. The second-order valence-corrected chi connectivity index (χ2v) is 4.43. The Balaban J connectivity index is 2.56. The van der Waals surface area contributed by atoms with Gasteiger partial charge in [0.25, 0.3) is 0 Å². The zero-order valence-corrected chi connectivity index (χ0v) is 7.97. The van der Waals surface area contributed by atoms with Crippen molar-refractivity contribution in [3.8, 4) is 0 Å². The first-order valence-electron chi connectivity index (χ1n) is 4.09. The molecule has 0 amide bonds.